The Morgan fingerprint density at radius 3 is 2.90 bits per heavy atom. The summed E-state index contributed by atoms with van der Waals surface area (Å²) >= 11 is 1.59. The molecule has 2 fully saturated rings. The Kier molecular flexibility index (Phi) is 4.46. The standard InChI is InChI=1S/C20H20N4O4S/c1-11(25)15-9-27-20(23-15)24-7-13(8-24)22-19(26)12-5-14(6-12)28-16-3-2-4-17-18(16)21-10-29-17/h2-4,9-10,12-14H,5-8H2,1H3,(H,22,26). The number of oxazole rings is 1. The minimum Gasteiger partial charge on any atom is -0.488 e. The van der Waals surface area contributed by atoms with Gasteiger partial charge in [0.1, 0.15) is 29.3 Å². The minimum atomic E-state index is -0.127. The number of nitrogens with zero attached hydrogens (tertiary/aromatic N) is 3. The van der Waals surface area contributed by atoms with E-state index in [1.54, 1.807) is 11.3 Å². The van der Waals surface area contributed by atoms with Gasteiger partial charge in [-0.25, -0.2) is 4.98 Å². The molecule has 1 aliphatic carbocycles. The number of anilines is 1. The Balaban J connectivity index is 1.08. The van der Waals surface area contributed by atoms with Crippen molar-refractivity contribution in [3.63, 3.8) is 0 Å². The smallest absolute Gasteiger partial charge is 0.298 e. The molecule has 1 N–H and O–H groups in total. The van der Waals surface area contributed by atoms with Crippen molar-refractivity contribution in [1.82, 2.24) is 15.3 Å². The summed E-state index contributed by atoms with van der Waals surface area (Å²) < 4.78 is 12.5. The average Bonchev–Trinajstić information content (AvgIpc) is 3.29. The van der Waals surface area contributed by atoms with E-state index >= 15 is 0 Å². The highest BCUT2D eigenvalue weighted by Gasteiger charge is 2.39. The third-order valence-electron chi connectivity index (χ3n) is 5.43. The monoisotopic (exact) mass is 412 g/mol. The Morgan fingerprint density at radius 1 is 1.31 bits per heavy atom. The fraction of sp³-hybridized carbons (Fsp3) is 0.400. The van der Waals surface area contributed by atoms with Crippen LogP contribution in [0.4, 0.5) is 6.01 Å². The van der Waals surface area contributed by atoms with E-state index in [1.165, 1.54) is 13.2 Å². The highest BCUT2D eigenvalue weighted by molar-refractivity contribution is 7.16. The van der Waals surface area contributed by atoms with Crippen molar-refractivity contribution in [2.24, 2.45) is 5.92 Å². The summed E-state index contributed by atoms with van der Waals surface area (Å²) in [6.45, 7) is 2.71. The number of thiazole rings is 1. The lowest BCUT2D eigenvalue weighted by Gasteiger charge is -2.41. The normalized spacial score (nSPS) is 21.5. The van der Waals surface area contributed by atoms with E-state index in [1.807, 2.05) is 28.6 Å². The van der Waals surface area contributed by atoms with Crippen LogP contribution in [0.5, 0.6) is 5.75 Å². The van der Waals surface area contributed by atoms with Crippen molar-refractivity contribution in [3.8, 4) is 5.75 Å². The quantitative estimate of drug-likeness (QED) is 0.622. The van der Waals surface area contributed by atoms with E-state index in [0.29, 0.717) is 37.6 Å². The number of hydrogen-bond donors (Lipinski definition) is 1. The van der Waals surface area contributed by atoms with Gasteiger partial charge in [0.05, 0.1) is 16.3 Å². The molecule has 1 aromatic carbocycles. The summed E-state index contributed by atoms with van der Waals surface area (Å²) in [6.07, 6.45) is 2.84. The molecule has 1 saturated heterocycles. The predicted octanol–water partition coefficient (Wildman–Crippen LogP) is 2.65. The fourth-order valence-corrected chi connectivity index (χ4v) is 4.32. The number of carbonyl (C=O) groups excluding carboxylic acids is 2. The number of hydrogen-bond acceptors (Lipinski definition) is 8. The Labute approximate surface area is 170 Å². The molecule has 8 nitrogen and oxygen atoms in total. The van der Waals surface area contributed by atoms with Crippen LogP contribution in [0.2, 0.25) is 0 Å². The Morgan fingerprint density at radius 2 is 2.14 bits per heavy atom. The first kappa shape index (κ1) is 18.1. The van der Waals surface area contributed by atoms with Crippen molar-refractivity contribution in [2.75, 3.05) is 18.0 Å². The topological polar surface area (TPSA) is 97.6 Å². The second-order valence-electron chi connectivity index (χ2n) is 7.55. The minimum absolute atomic E-state index is 0.0188. The molecule has 0 radical (unpaired) electrons. The lowest BCUT2D eigenvalue weighted by atomic mass is 9.81. The van der Waals surface area contributed by atoms with Crippen molar-refractivity contribution >= 4 is 39.3 Å². The van der Waals surface area contributed by atoms with Gasteiger partial charge in [0.15, 0.2) is 5.78 Å². The van der Waals surface area contributed by atoms with Gasteiger partial charge in [-0.05, 0) is 25.0 Å². The molecular formula is C20H20N4O4S. The number of nitrogens with one attached hydrogen (secondary N) is 1. The Hall–Kier alpha value is -2.94. The average molecular weight is 412 g/mol. The van der Waals surface area contributed by atoms with Crippen molar-refractivity contribution in [2.45, 2.75) is 31.9 Å². The van der Waals surface area contributed by atoms with Gasteiger partial charge in [-0.15, -0.1) is 11.3 Å². The molecular weight excluding hydrogens is 392 g/mol. The summed E-state index contributed by atoms with van der Waals surface area (Å²) in [5.41, 5.74) is 3.02. The molecule has 0 atom stereocenters. The summed E-state index contributed by atoms with van der Waals surface area (Å²) in [6, 6.07) is 6.41. The molecule has 9 heteroatoms. The first-order valence-electron chi connectivity index (χ1n) is 9.57. The van der Waals surface area contributed by atoms with Crippen molar-refractivity contribution < 1.29 is 18.7 Å². The second kappa shape index (κ2) is 7.14. The van der Waals surface area contributed by atoms with Crippen LogP contribution in [0.3, 0.4) is 0 Å². The second-order valence-corrected chi connectivity index (χ2v) is 8.43. The molecule has 0 unspecified atom stereocenters. The van der Waals surface area contributed by atoms with E-state index < -0.39 is 0 Å². The van der Waals surface area contributed by atoms with E-state index in [2.05, 4.69) is 15.3 Å². The van der Waals surface area contributed by atoms with Gasteiger partial charge >= 0.3 is 0 Å². The number of ether oxygens (including phenoxy) is 1. The number of rotatable bonds is 6. The van der Waals surface area contributed by atoms with Crippen LogP contribution < -0.4 is 15.0 Å². The number of fused-ring (bicyclic) bond motifs is 1. The third kappa shape index (κ3) is 3.46. The molecule has 5 rings (SSSR count). The van der Waals surface area contributed by atoms with Crippen LogP contribution in [0, 0.1) is 5.92 Å². The third-order valence-corrected chi connectivity index (χ3v) is 6.23. The summed E-state index contributed by atoms with van der Waals surface area (Å²) in [4.78, 5) is 34.2. The molecule has 1 saturated carbocycles. The molecule has 150 valence electrons. The molecule has 3 heterocycles. The molecule has 2 aromatic heterocycles. The fourth-order valence-electron chi connectivity index (χ4n) is 3.63. The van der Waals surface area contributed by atoms with Crippen LogP contribution >= 0.6 is 11.3 Å². The van der Waals surface area contributed by atoms with Gasteiger partial charge in [0.25, 0.3) is 6.01 Å². The highest BCUT2D eigenvalue weighted by Crippen LogP contribution is 2.35. The van der Waals surface area contributed by atoms with Gasteiger partial charge in [-0.1, -0.05) is 6.07 Å². The Bertz CT molecular complexity index is 1070. The number of carbonyl (C=O) groups is 2. The number of ketones is 1. The van der Waals surface area contributed by atoms with Crippen LogP contribution in [-0.2, 0) is 4.79 Å². The first-order valence-corrected chi connectivity index (χ1v) is 10.5. The lowest BCUT2D eigenvalue weighted by molar-refractivity contribution is -0.131. The first-order chi connectivity index (χ1) is 14.1. The van der Waals surface area contributed by atoms with Crippen molar-refractivity contribution in [1.29, 1.82) is 0 Å². The maximum atomic E-state index is 12.5. The number of benzene rings is 1. The largest absolute Gasteiger partial charge is 0.488 e. The molecule has 3 aromatic rings. The number of amides is 1. The van der Waals surface area contributed by atoms with Crippen LogP contribution in [-0.4, -0.2) is 46.9 Å². The van der Waals surface area contributed by atoms with Crippen LogP contribution in [0.25, 0.3) is 10.2 Å². The number of para-hydroxylation sites is 1. The van der Waals surface area contributed by atoms with E-state index in [4.69, 9.17) is 9.15 Å². The van der Waals surface area contributed by atoms with E-state index in [9.17, 15) is 9.59 Å². The van der Waals surface area contributed by atoms with Gasteiger partial charge in [-0.3, -0.25) is 9.59 Å². The summed E-state index contributed by atoms with van der Waals surface area (Å²) in [5, 5.41) is 3.07. The van der Waals surface area contributed by atoms with Crippen molar-refractivity contribution in [3.05, 3.63) is 35.7 Å². The van der Waals surface area contributed by atoms with Gasteiger partial charge in [0, 0.05) is 25.9 Å². The number of Topliss-reactive ketones (excluding diaryl/α,β-unsaturated/α-hetero) is 1. The zero-order valence-electron chi connectivity index (χ0n) is 15.8. The van der Waals surface area contributed by atoms with Crippen LogP contribution in [0.15, 0.2) is 34.4 Å². The predicted molar refractivity (Wildman–Crippen MR) is 107 cm³/mol. The maximum Gasteiger partial charge on any atom is 0.298 e. The van der Waals surface area contributed by atoms with Gasteiger partial charge < -0.3 is 19.4 Å². The zero-order valence-corrected chi connectivity index (χ0v) is 16.6. The van der Waals surface area contributed by atoms with E-state index in [0.717, 1.165) is 16.0 Å². The summed E-state index contributed by atoms with van der Waals surface area (Å²) in [5.74, 6) is 0.712. The molecule has 29 heavy (non-hydrogen) atoms. The molecule has 2 aliphatic rings. The molecule has 0 spiro atoms. The van der Waals surface area contributed by atoms with Gasteiger partial charge in [-0.2, -0.15) is 4.98 Å². The molecule has 1 aliphatic heterocycles. The van der Waals surface area contributed by atoms with Gasteiger partial charge in [0.2, 0.25) is 5.91 Å². The maximum absolute atomic E-state index is 12.5. The number of aromatic nitrogens is 2. The molecule has 0 bridgehead atoms. The molecule has 1 amide bonds. The summed E-state index contributed by atoms with van der Waals surface area (Å²) in [7, 11) is 0. The SMILES string of the molecule is CC(=O)c1coc(N2CC(NC(=O)C3CC(Oc4cccc5scnc45)C3)C2)n1. The van der Waals surface area contributed by atoms with E-state index in [-0.39, 0.29) is 29.8 Å². The lowest BCUT2D eigenvalue weighted by Crippen LogP contribution is -2.61. The van der Waals surface area contributed by atoms with Crippen LogP contribution in [0.1, 0.15) is 30.3 Å². The zero-order chi connectivity index (χ0) is 20.0. The highest BCUT2D eigenvalue weighted by atomic mass is 32.1.